The van der Waals surface area contributed by atoms with E-state index in [1.165, 1.54) is 18.2 Å². The van der Waals surface area contributed by atoms with Gasteiger partial charge >= 0.3 is 6.09 Å². The Bertz CT molecular complexity index is 781. The van der Waals surface area contributed by atoms with Crippen LogP contribution in [0.2, 0.25) is 0 Å². The number of benzene rings is 1. The Hall–Kier alpha value is -3.17. The molecular weight excluding hydrogens is 380 g/mol. The number of nitrogens with zero attached hydrogens (tertiary/aromatic N) is 2. The number of alkyl carbamates (subject to hydrolysis) is 1. The number of nitro benzene ring substituents is 1. The molecule has 0 atom stereocenters. The van der Waals surface area contributed by atoms with Crippen molar-refractivity contribution in [3.05, 3.63) is 39.9 Å². The van der Waals surface area contributed by atoms with E-state index in [2.05, 4.69) is 10.6 Å². The molecule has 0 aromatic heterocycles. The summed E-state index contributed by atoms with van der Waals surface area (Å²) >= 11 is 0. The van der Waals surface area contributed by atoms with E-state index >= 15 is 0 Å². The maximum absolute atomic E-state index is 12.3. The number of hydrogen-bond acceptors (Lipinski definition) is 6. The monoisotopic (exact) mass is 406 g/mol. The SMILES string of the molecule is CC(C)(C)OC(=O)NC1CCN(C(=O)CNC(=O)c2cccc([N+](=O)[O-])c2)CC1. The molecule has 0 radical (unpaired) electrons. The third kappa shape index (κ3) is 7.05. The second kappa shape index (κ2) is 9.35. The Morgan fingerprint density at radius 3 is 2.48 bits per heavy atom. The van der Waals surface area contributed by atoms with Gasteiger partial charge in [0.15, 0.2) is 0 Å². The third-order valence-corrected chi connectivity index (χ3v) is 4.29. The van der Waals surface area contributed by atoms with Crippen molar-refractivity contribution >= 4 is 23.6 Å². The molecule has 1 aliphatic heterocycles. The third-order valence-electron chi connectivity index (χ3n) is 4.29. The van der Waals surface area contributed by atoms with E-state index in [-0.39, 0.29) is 29.7 Å². The molecule has 1 heterocycles. The summed E-state index contributed by atoms with van der Waals surface area (Å²) in [5.41, 5.74) is -0.645. The Morgan fingerprint density at radius 2 is 1.90 bits per heavy atom. The summed E-state index contributed by atoms with van der Waals surface area (Å²) in [7, 11) is 0. The Morgan fingerprint density at radius 1 is 1.24 bits per heavy atom. The number of likely N-dealkylation sites (tertiary alicyclic amines) is 1. The van der Waals surface area contributed by atoms with Crippen LogP contribution in [-0.4, -0.2) is 59.0 Å². The molecule has 1 aromatic carbocycles. The van der Waals surface area contributed by atoms with Gasteiger partial charge in [-0.05, 0) is 39.7 Å². The first-order chi connectivity index (χ1) is 13.5. The quantitative estimate of drug-likeness (QED) is 0.567. The maximum Gasteiger partial charge on any atom is 0.407 e. The predicted octanol–water partition coefficient (Wildman–Crippen LogP) is 1.84. The lowest BCUT2D eigenvalue weighted by Crippen LogP contribution is -2.49. The zero-order valence-corrected chi connectivity index (χ0v) is 16.8. The van der Waals surface area contributed by atoms with Gasteiger partial charge in [0.2, 0.25) is 5.91 Å². The second-order valence-electron chi connectivity index (χ2n) is 7.79. The van der Waals surface area contributed by atoms with Crippen LogP contribution >= 0.6 is 0 Å². The number of piperidine rings is 1. The number of ether oxygens (including phenoxy) is 1. The molecule has 3 amide bonds. The van der Waals surface area contributed by atoms with Crippen LogP contribution in [0.4, 0.5) is 10.5 Å². The highest BCUT2D eigenvalue weighted by Gasteiger charge is 2.26. The zero-order chi connectivity index (χ0) is 21.6. The summed E-state index contributed by atoms with van der Waals surface area (Å²) in [5, 5.41) is 16.1. The van der Waals surface area contributed by atoms with Gasteiger partial charge in [0.25, 0.3) is 11.6 Å². The molecule has 0 spiro atoms. The first-order valence-corrected chi connectivity index (χ1v) is 9.35. The van der Waals surface area contributed by atoms with E-state index < -0.39 is 22.5 Å². The molecule has 29 heavy (non-hydrogen) atoms. The number of nitro groups is 1. The molecule has 10 nitrogen and oxygen atoms in total. The summed E-state index contributed by atoms with van der Waals surface area (Å²) in [4.78, 5) is 48.1. The summed E-state index contributed by atoms with van der Waals surface area (Å²) in [6.07, 6.45) is 0.694. The van der Waals surface area contributed by atoms with Crippen molar-refractivity contribution in [1.29, 1.82) is 0 Å². The fourth-order valence-corrected chi connectivity index (χ4v) is 2.88. The fourth-order valence-electron chi connectivity index (χ4n) is 2.88. The van der Waals surface area contributed by atoms with Crippen molar-refractivity contribution in [2.24, 2.45) is 0 Å². The molecule has 0 saturated carbocycles. The van der Waals surface area contributed by atoms with Gasteiger partial charge in [0.05, 0.1) is 11.5 Å². The first-order valence-electron chi connectivity index (χ1n) is 9.35. The minimum absolute atomic E-state index is 0.0756. The Balaban J connectivity index is 1.77. The second-order valence-corrected chi connectivity index (χ2v) is 7.79. The van der Waals surface area contributed by atoms with Crippen molar-refractivity contribution < 1.29 is 24.0 Å². The molecule has 0 unspecified atom stereocenters. The normalized spacial score (nSPS) is 14.8. The van der Waals surface area contributed by atoms with E-state index in [4.69, 9.17) is 4.74 Å². The Labute approximate surface area is 168 Å². The number of hydrogen-bond donors (Lipinski definition) is 2. The molecule has 2 rings (SSSR count). The van der Waals surface area contributed by atoms with Crippen LogP contribution in [0.25, 0.3) is 0 Å². The predicted molar refractivity (Wildman–Crippen MR) is 104 cm³/mol. The summed E-state index contributed by atoms with van der Waals surface area (Å²) in [5.74, 6) is -0.803. The van der Waals surface area contributed by atoms with E-state index in [0.717, 1.165) is 6.07 Å². The van der Waals surface area contributed by atoms with Crippen molar-refractivity contribution in [3.8, 4) is 0 Å². The van der Waals surface area contributed by atoms with E-state index in [1.54, 1.807) is 25.7 Å². The van der Waals surface area contributed by atoms with E-state index in [9.17, 15) is 24.5 Å². The smallest absolute Gasteiger partial charge is 0.407 e. The summed E-state index contributed by atoms with van der Waals surface area (Å²) in [6, 6.07) is 5.23. The van der Waals surface area contributed by atoms with Crippen LogP contribution in [0.15, 0.2) is 24.3 Å². The number of rotatable bonds is 5. The fraction of sp³-hybridized carbons (Fsp3) is 0.526. The molecule has 1 fully saturated rings. The van der Waals surface area contributed by atoms with Crippen molar-refractivity contribution in [2.45, 2.75) is 45.3 Å². The van der Waals surface area contributed by atoms with Crippen molar-refractivity contribution in [3.63, 3.8) is 0 Å². The minimum Gasteiger partial charge on any atom is -0.444 e. The number of non-ortho nitro benzene ring substituents is 1. The highest BCUT2D eigenvalue weighted by atomic mass is 16.6. The molecule has 2 N–H and O–H groups in total. The minimum atomic E-state index is -0.586. The van der Waals surface area contributed by atoms with Gasteiger partial charge in [-0.1, -0.05) is 6.07 Å². The maximum atomic E-state index is 12.3. The molecule has 158 valence electrons. The first kappa shape index (κ1) is 22.1. The standard InChI is InChI=1S/C19H26N4O6/c1-19(2,3)29-18(26)21-14-7-9-22(10-8-14)16(24)12-20-17(25)13-5-4-6-15(11-13)23(27)28/h4-6,11,14H,7-10,12H2,1-3H3,(H,20,25)(H,21,26). The largest absolute Gasteiger partial charge is 0.444 e. The van der Waals surface area contributed by atoms with Crippen molar-refractivity contribution in [1.82, 2.24) is 15.5 Å². The molecule has 10 heteroatoms. The van der Waals surface area contributed by atoms with Crippen molar-refractivity contribution in [2.75, 3.05) is 19.6 Å². The van der Waals surface area contributed by atoms with E-state index in [0.29, 0.717) is 25.9 Å². The highest BCUT2D eigenvalue weighted by molar-refractivity contribution is 5.96. The summed E-state index contributed by atoms with van der Waals surface area (Å²) in [6.45, 7) is 6.06. The molecular formula is C19H26N4O6. The number of carbonyl (C=O) groups is 3. The van der Waals surface area contributed by atoms with Crippen LogP contribution < -0.4 is 10.6 Å². The number of nitrogens with one attached hydrogen (secondary N) is 2. The molecule has 1 saturated heterocycles. The van der Waals surface area contributed by atoms with Gasteiger partial charge in [0, 0.05) is 36.8 Å². The van der Waals surface area contributed by atoms with Crippen LogP contribution in [0, 0.1) is 10.1 Å². The number of carbonyl (C=O) groups excluding carboxylic acids is 3. The molecule has 0 aliphatic carbocycles. The molecule has 0 bridgehead atoms. The van der Waals surface area contributed by atoms with Gasteiger partial charge in [-0.25, -0.2) is 4.79 Å². The average Bonchev–Trinajstić information content (AvgIpc) is 2.65. The van der Waals surface area contributed by atoms with Crippen LogP contribution in [0.3, 0.4) is 0 Å². The average molecular weight is 406 g/mol. The molecule has 1 aliphatic rings. The van der Waals surface area contributed by atoms with Gasteiger partial charge in [-0.15, -0.1) is 0 Å². The number of amides is 3. The van der Waals surface area contributed by atoms with E-state index in [1.807, 2.05) is 0 Å². The van der Waals surface area contributed by atoms with Crippen LogP contribution in [-0.2, 0) is 9.53 Å². The lowest BCUT2D eigenvalue weighted by atomic mass is 10.1. The lowest BCUT2D eigenvalue weighted by molar-refractivity contribution is -0.384. The van der Waals surface area contributed by atoms with Crippen LogP contribution in [0.1, 0.15) is 44.0 Å². The highest BCUT2D eigenvalue weighted by Crippen LogP contribution is 2.14. The van der Waals surface area contributed by atoms with Gasteiger partial charge in [-0.2, -0.15) is 0 Å². The van der Waals surface area contributed by atoms with Gasteiger partial charge < -0.3 is 20.3 Å². The van der Waals surface area contributed by atoms with Crippen LogP contribution in [0.5, 0.6) is 0 Å². The lowest BCUT2D eigenvalue weighted by Gasteiger charge is -2.33. The van der Waals surface area contributed by atoms with Gasteiger partial charge in [-0.3, -0.25) is 19.7 Å². The zero-order valence-electron chi connectivity index (χ0n) is 16.8. The topological polar surface area (TPSA) is 131 Å². The van der Waals surface area contributed by atoms with Gasteiger partial charge in [0.1, 0.15) is 5.60 Å². The summed E-state index contributed by atoms with van der Waals surface area (Å²) < 4.78 is 5.22. The molecule has 1 aromatic rings. The Kier molecular flexibility index (Phi) is 7.13.